The molecule has 10 aliphatic rings. The molecule has 0 aromatic rings. The summed E-state index contributed by atoms with van der Waals surface area (Å²) in [6, 6.07) is 0. The predicted octanol–water partition coefficient (Wildman–Crippen LogP) is 3.05. The van der Waals surface area contributed by atoms with Gasteiger partial charge in [0, 0.05) is 49.9 Å². The van der Waals surface area contributed by atoms with Crippen LogP contribution in [0, 0.1) is 46.3 Å². The van der Waals surface area contributed by atoms with E-state index in [1.165, 1.54) is 12.8 Å². The zero-order chi connectivity index (χ0) is 27.1. The third-order valence-corrected chi connectivity index (χ3v) is 14.6. The quantitative estimate of drug-likeness (QED) is 0.441. The van der Waals surface area contributed by atoms with E-state index in [2.05, 4.69) is 9.80 Å². The maximum absolute atomic E-state index is 12.3. The second-order valence-corrected chi connectivity index (χ2v) is 15.4. The summed E-state index contributed by atoms with van der Waals surface area (Å²) in [6.45, 7) is 4.21. The van der Waals surface area contributed by atoms with Crippen molar-refractivity contribution in [2.75, 3.05) is 26.2 Å². The van der Waals surface area contributed by atoms with Crippen molar-refractivity contribution in [1.29, 1.82) is 0 Å². The Balaban J connectivity index is 0.000000115. The average Bonchev–Trinajstić information content (AvgIpc) is 3.54. The standard InChI is InChI=1S/2C16H23NO3/c2*18-13-8-11-7-10-9-16(20-14(10)19)15(11)4-2-6-17(16)5-1-3-12(13)15/h2*10-13,18H,1-9H2/t2*10-,11-,12-,13+,15-,16-/m00/s1. The highest BCUT2D eigenvalue weighted by molar-refractivity contribution is 5.77. The number of rotatable bonds is 0. The van der Waals surface area contributed by atoms with Crippen LogP contribution in [0.1, 0.15) is 89.9 Å². The maximum Gasteiger partial charge on any atom is 0.310 e. The Morgan fingerprint density at radius 2 is 1.05 bits per heavy atom. The molecule has 0 radical (unpaired) electrons. The molecule has 220 valence electrons. The number of piperidine rings is 2. The smallest absolute Gasteiger partial charge is 0.310 e. The minimum absolute atomic E-state index is 0.0424. The Hall–Kier alpha value is -1.22. The van der Waals surface area contributed by atoms with Gasteiger partial charge < -0.3 is 19.7 Å². The summed E-state index contributed by atoms with van der Waals surface area (Å²) in [6.07, 6.45) is 14.3. The number of aliphatic hydroxyl groups excluding tert-OH is 2. The van der Waals surface area contributed by atoms with E-state index < -0.39 is 0 Å². The van der Waals surface area contributed by atoms with Gasteiger partial charge in [0.15, 0.2) is 11.4 Å². The van der Waals surface area contributed by atoms with E-state index in [1.54, 1.807) is 0 Å². The summed E-state index contributed by atoms with van der Waals surface area (Å²) in [5.74, 6) is 1.97. The third kappa shape index (κ3) is 2.75. The van der Waals surface area contributed by atoms with Gasteiger partial charge in [-0.05, 0) is 101 Å². The van der Waals surface area contributed by atoms with Gasteiger partial charge in [-0.15, -0.1) is 0 Å². The van der Waals surface area contributed by atoms with Gasteiger partial charge in [-0.25, -0.2) is 0 Å². The highest BCUT2D eigenvalue weighted by Gasteiger charge is 2.77. The number of aliphatic hydroxyl groups is 2. The summed E-state index contributed by atoms with van der Waals surface area (Å²) < 4.78 is 12.2. The molecule has 10 rings (SSSR count). The molecule has 6 aliphatic heterocycles. The average molecular weight is 555 g/mol. The Morgan fingerprint density at radius 1 is 0.625 bits per heavy atom. The lowest BCUT2D eigenvalue weighted by Gasteiger charge is -2.59. The van der Waals surface area contributed by atoms with Gasteiger partial charge in [0.05, 0.1) is 24.0 Å². The van der Waals surface area contributed by atoms with Crippen LogP contribution in [-0.2, 0) is 19.1 Å². The Bertz CT molecular complexity index is 1050. The van der Waals surface area contributed by atoms with Crippen molar-refractivity contribution in [3.63, 3.8) is 0 Å². The Labute approximate surface area is 237 Å². The van der Waals surface area contributed by atoms with Gasteiger partial charge in [-0.3, -0.25) is 19.4 Å². The lowest BCUT2D eigenvalue weighted by Crippen LogP contribution is -2.67. The summed E-state index contributed by atoms with van der Waals surface area (Å²) in [5, 5.41) is 21.3. The number of hydrogen-bond donors (Lipinski definition) is 2. The molecule has 10 fully saturated rings. The molecular formula is C32H46N2O6. The molecule has 4 spiro atoms. The first-order chi connectivity index (χ1) is 19.3. The zero-order valence-electron chi connectivity index (χ0n) is 23.8. The van der Waals surface area contributed by atoms with E-state index in [0.717, 1.165) is 103 Å². The Morgan fingerprint density at radius 3 is 1.50 bits per heavy atom. The second-order valence-electron chi connectivity index (χ2n) is 15.4. The van der Waals surface area contributed by atoms with Crippen LogP contribution in [0.4, 0.5) is 0 Å². The minimum Gasteiger partial charge on any atom is -0.443 e. The number of carbonyl (C=O) groups excluding carboxylic acids is 2. The second kappa shape index (κ2) is 8.23. The fraction of sp³-hybridized carbons (Fsp3) is 0.938. The van der Waals surface area contributed by atoms with Crippen LogP contribution in [0.5, 0.6) is 0 Å². The van der Waals surface area contributed by atoms with Gasteiger partial charge in [0.2, 0.25) is 0 Å². The molecule has 2 unspecified atom stereocenters. The Kier molecular flexibility index (Phi) is 5.21. The van der Waals surface area contributed by atoms with Crippen LogP contribution in [0.25, 0.3) is 0 Å². The molecule has 4 saturated carbocycles. The molecule has 4 aliphatic carbocycles. The molecule has 0 amide bonds. The summed E-state index contributed by atoms with van der Waals surface area (Å²) in [4.78, 5) is 29.6. The molecule has 0 aromatic heterocycles. The van der Waals surface area contributed by atoms with Crippen LogP contribution in [0.3, 0.4) is 0 Å². The van der Waals surface area contributed by atoms with E-state index in [0.29, 0.717) is 23.7 Å². The topological polar surface area (TPSA) is 99.5 Å². The van der Waals surface area contributed by atoms with E-state index in [-0.39, 0.29) is 58.3 Å². The molecule has 0 aromatic carbocycles. The fourth-order valence-corrected chi connectivity index (χ4v) is 13.6. The highest BCUT2D eigenvalue weighted by Crippen LogP contribution is 2.72. The van der Waals surface area contributed by atoms with Crippen molar-refractivity contribution >= 4 is 11.9 Å². The van der Waals surface area contributed by atoms with Gasteiger partial charge >= 0.3 is 11.9 Å². The first-order valence-electron chi connectivity index (χ1n) is 16.7. The molecule has 40 heavy (non-hydrogen) atoms. The van der Waals surface area contributed by atoms with Crippen molar-refractivity contribution in [3.05, 3.63) is 0 Å². The van der Waals surface area contributed by atoms with Crippen molar-refractivity contribution in [2.24, 2.45) is 46.3 Å². The minimum atomic E-state index is -0.353. The van der Waals surface area contributed by atoms with Crippen LogP contribution >= 0.6 is 0 Å². The van der Waals surface area contributed by atoms with Gasteiger partial charge in [0.25, 0.3) is 0 Å². The SMILES string of the molecule is O=C1O[C@]23C[C@@H]1C[C@H]1C[C@@H](O)[C@@H]4CCCN2CCC[C@]143.O=C1O[C@]23C[C@@H]1C[C@H]1C[C@@H](O)[C@@H]4CCCN2CCC[C@]143. The molecule has 14 atom stereocenters. The number of esters is 2. The van der Waals surface area contributed by atoms with E-state index in [1.807, 2.05) is 0 Å². The molecule has 8 bridgehead atoms. The number of ether oxygens (including phenoxy) is 2. The number of nitrogens with zero attached hydrogens (tertiary/aromatic N) is 2. The highest BCUT2D eigenvalue weighted by atomic mass is 16.6. The van der Waals surface area contributed by atoms with E-state index in [9.17, 15) is 19.8 Å². The molecule has 8 nitrogen and oxygen atoms in total. The van der Waals surface area contributed by atoms with Crippen molar-refractivity contribution in [1.82, 2.24) is 9.80 Å². The van der Waals surface area contributed by atoms with Crippen molar-refractivity contribution in [3.8, 4) is 0 Å². The van der Waals surface area contributed by atoms with Crippen LogP contribution in [0.15, 0.2) is 0 Å². The number of carbonyl (C=O) groups is 2. The summed E-state index contributed by atoms with van der Waals surface area (Å²) in [7, 11) is 0. The van der Waals surface area contributed by atoms with Crippen molar-refractivity contribution in [2.45, 2.75) is 114 Å². The largest absolute Gasteiger partial charge is 0.443 e. The fourth-order valence-electron chi connectivity index (χ4n) is 13.6. The van der Waals surface area contributed by atoms with Gasteiger partial charge in [-0.2, -0.15) is 0 Å². The lowest BCUT2D eigenvalue weighted by molar-refractivity contribution is -0.245. The summed E-state index contributed by atoms with van der Waals surface area (Å²) >= 11 is 0. The molecule has 6 heterocycles. The molecule has 6 saturated heterocycles. The molecule has 8 heteroatoms. The normalized spacial score (nSPS) is 59.9. The number of hydrogen-bond acceptors (Lipinski definition) is 8. The predicted molar refractivity (Wildman–Crippen MR) is 143 cm³/mol. The number of fused-ring (bicyclic) bond motifs is 2. The van der Waals surface area contributed by atoms with Gasteiger partial charge in [-0.1, -0.05) is 0 Å². The molecular weight excluding hydrogens is 508 g/mol. The first kappa shape index (κ1) is 25.3. The van der Waals surface area contributed by atoms with Gasteiger partial charge in [0.1, 0.15) is 0 Å². The molecule has 2 N–H and O–H groups in total. The van der Waals surface area contributed by atoms with E-state index in [4.69, 9.17) is 9.47 Å². The van der Waals surface area contributed by atoms with Crippen molar-refractivity contribution < 1.29 is 29.3 Å². The lowest BCUT2D eigenvalue weighted by atomic mass is 9.54. The maximum atomic E-state index is 12.3. The van der Waals surface area contributed by atoms with E-state index >= 15 is 0 Å². The monoisotopic (exact) mass is 554 g/mol. The van der Waals surface area contributed by atoms with Crippen LogP contribution < -0.4 is 0 Å². The van der Waals surface area contributed by atoms with Crippen LogP contribution in [-0.4, -0.2) is 81.8 Å². The third-order valence-electron chi connectivity index (χ3n) is 14.6. The van der Waals surface area contributed by atoms with Crippen LogP contribution in [0.2, 0.25) is 0 Å². The zero-order valence-corrected chi connectivity index (χ0v) is 23.8. The first-order valence-corrected chi connectivity index (χ1v) is 16.7. The summed E-state index contributed by atoms with van der Waals surface area (Å²) in [5.41, 5.74) is -0.587.